The lowest BCUT2D eigenvalue weighted by molar-refractivity contribution is -0.139. The van der Waals surface area contributed by atoms with Gasteiger partial charge in [-0.1, -0.05) is 38.7 Å². The van der Waals surface area contributed by atoms with Crippen molar-refractivity contribution in [2.45, 2.75) is 70.5 Å². The maximum atomic E-state index is 13.3. The third kappa shape index (κ3) is 9.10. The summed E-state index contributed by atoms with van der Waals surface area (Å²) in [6.07, 6.45) is 1.36. The van der Waals surface area contributed by atoms with E-state index >= 15 is 0 Å². The molecule has 0 radical (unpaired) electrons. The van der Waals surface area contributed by atoms with E-state index < -0.39 is 17.3 Å². The summed E-state index contributed by atoms with van der Waals surface area (Å²) in [5, 5.41) is 9.15. The van der Waals surface area contributed by atoms with Crippen molar-refractivity contribution in [2.75, 3.05) is 13.2 Å². The monoisotopic (exact) mass is 397 g/mol. The van der Waals surface area contributed by atoms with E-state index in [1.807, 2.05) is 0 Å². The SMILES string of the molecule is CCCCCCCOc1ccc(CC[C@@](C)(N)CO)cc1C(F)(F)F.Cl. The number of aryl methyl sites for hydroxylation is 1. The van der Waals surface area contributed by atoms with Gasteiger partial charge in [0.2, 0.25) is 0 Å². The minimum Gasteiger partial charge on any atom is -0.493 e. The first-order valence-corrected chi connectivity index (χ1v) is 8.92. The zero-order valence-corrected chi connectivity index (χ0v) is 16.4. The van der Waals surface area contributed by atoms with Gasteiger partial charge in [0.1, 0.15) is 5.75 Å². The third-order valence-electron chi connectivity index (χ3n) is 4.20. The van der Waals surface area contributed by atoms with E-state index in [-0.39, 0.29) is 31.4 Å². The number of hydrogen-bond donors (Lipinski definition) is 2. The molecule has 0 aliphatic rings. The number of halogens is 4. The highest BCUT2D eigenvalue weighted by Gasteiger charge is 2.34. The maximum absolute atomic E-state index is 13.3. The van der Waals surface area contributed by atoms with Crippen molar-refractivity contribution in [1.82, 2.24) is 0 Å². The van der Waals surface area contributed by atoms with Gasteiger partial charge in [0.15, 0.2) is 0 Å². The molecule has 0 saturated carbocycles. The Hall–Kier alpha value is -0.980. The third-order valence-corrected chi connectivity index (χ3v) is 4.20. The van der Waals surface area contributed by atoms with E-state index in [0.29, 0.717) is 18.4 Å². The molecule has 0 spiro atoms. The van der Waals surface area contributed by atoms with Gasteiger partial charge in [-0.2, -0.15) is 13.2 Å². The molecule has 0 heterocycles. The summed E-state index contributed by atoms with van der Waals surface area (Å²) in [6, 6.07) is 4.14. The van der Waals surface area contributed by atoms with Crippen LogP contribution in [0.5, 0.6) is 5.75 Å². The second kappa shape index (κ2) is 11.7. The summed E-state index contributed by atoms with van der Waals surface area (Å²) in [6.45, 7) is 3.87. The minimum absolute atomic E-state index is 0. The van der Waals surface area contributed by atoms with Crippen LogP contribution in [0.15, 0.2) is 18.2 Å². The lowest BCUT2D eigenvalue weighted by atomic mass is 9.94. The molecule has 1 rings (SSSR count). The molecule has 0 amide bonds. The molecule has 26 heavy (non-hydrogen) atoms. The van der Waals surface area contributed by atoms with Gasteiger partial charge >= 0.3 is 6.18 Å². The number of ether oxygens (including phenoxy) is 1. The van der Waals surface area contributed by atoms with Crippen molar-refractivity contribution in [3.63, 3.8) is 0 Å². The molecule has 0 bridgehead atoms. The highest BCUT2D eigenvalue weighted by Crippen LogP contribution is 2.37. The summed E-state index contributed by atoms with van der Waals surface area (Å²) in [7, 11) is 0. The fourth-order valence-corrected chi connectivity index (χ4v) is 2.48. The molecule has 0 fully saturated rings. The number of aliphatic hydroxyl groups excluding tert-OH is 1. The number of nitrogens with two attached hydrogens (primary N) is 1. The number of alkyl halides is 3. The molecule has 0 aromatic heterocycles. The first-order chi connectivity index (χ1) is 11.7. The fourth-order valence-electron chi connectivity index (χ4n) is 2.48. The summed E-state index contributed by atoms with van der Waals surface area (Å²) < 4.78 is 45.3. The zero-order chi connectivity index (χ0) is 18.9. The van der Waals surface area contributed by atoms with Crippen LogP contribution < -0.4 is 10.5 Å². The quantitative estimate of drug-likeness (QED) is 0.509. The van der Waals surface area contributed by atoms with Crippen molar-refractivity contribution in [2.24, 2.45) is 5.73 Å². The highest BCUT2D eigenvalue weighted by molar-refractivity contribution is 5.85. The van der Waals surface area contributed by atoms with Gasteiger partial charge in [0.05, 0.1) is 18.8 Å². The van der Waals surface area contributed by atoms with Crippen LogP contribution in [0, 0.1) is 0 Å². The van der Waals surface area contributed by atoms with Gasteiger partial charge in [-0.05, 0) is 43.9 Å². The van der Waals surface area contributed by atoms with Gasteiger partial charge in [0, 0.05) is 5.54 Å². The van der Waals surface area contributed by atoms with Crippen LogP contribution in [-0.2, 0) is 12.6 Å². The van der Waals surface area contributed by atoms with Gasteiger partial charge in [-0.3, -0.25) is 0 Å². The van der Waals surface area contributed by atoms with E-state index in [9.17, 15) is 13.2 Å². The van der Waals surface area contributed by atoms with E-state index in [4.69, 9.17) is 15.6 Å². The van der Waals surface area contributed by atoms with E-state index in [0.717, 1.165) is 38.2 Å². The Kier molecular flexibility index (Phi) is 11.2. The first kappa shape index (κ1) is 25.0. The fraction of sp³-hybridized carbons (Fsp3) is 0.684. The molecular weight excluding hydrogens is 367 g/mol. The topological polar surface area (TPSA) is 55.5 Å². The minimum atomic E-state index is -4.46. The van der Waals surface area contributed by atoms with Crippen LogP contribution in [0.3, 0.4) is 0 Å². The molecule has 1 aromatic carbocycles. The molecular formula is C19H31ClF3NO2. The van der Waals surface area contributed by atoms with Gasteiger partial charge in [-0.15, -0.1) is 12.4 Å². The second-order valence-electron chi connectivity index (χ2n) is 6.90. The molecule has 1 aromatic rings. The van der Waals surface area contributed by atoms with E-state index in [1.165, 1.54) is 6.07 Å². The number of aliphatic hydroxyl groups is 1. The predicted octanol–water partition coefficient (Wildman–Crippen LogP) is 5.12. The Morgan fingerprint density at radius 1 is 1.12 bits per heavy atom. The number of benzene rings is 1. The summed E-state index contributed by atoms with van der Waals surface area (Å²) in [4.78, 5) is 0. The Morgan fingerprint density at radius 2 is 1.77 bits per heavy atom. The van der Waals surface area contributed by atoms with Gasteiger partial charge in [0.25, 0.3) is 0 Å². The van der Waals surface area contributed by atoms with Crippen molar-refractivity contribution in [1.29, 1.82) is 0 Å². The van der Waals surface area contributed by atoms with Gasteiger partial charge in [-0.25, -0.2) is 0 Å². The number of hydrogen-bond acceptors (Lipinski definition) is 3. The Labute approximate surface area is 160 Å². The lowest BCUT2D eigenvalue weighted by Crippen LogP contribution is -2.40. The van der Waals surface area contributed by atoms with Crippen LogP contribution >= 0.6 is 12.4 Å². The largest absolute Gasteiger partial charge is 0.493 e. The average Bonchev–Trinajstić information content (AvgIpc) is 2.56. The van der Waals surface area contributed by atoms with Crippen molar-refractivity contribution in [3.8, 4) is 5.75 Å². The van der Waals surface area contributed by atoms with Crippen LogP contribution in [0.25, 0.3) is 0 Å². The van der Waals surface area contributed by atoms with Crippen molar-refractivity contribution >= 4 is 12.4 Å². The molecule has 0 aliphatic carbocycles. The van der Waals surface area contributed by atoms with Crippen LogP contribution in [0.4, 0.5) is 13.2 Å². The van der Waals surface area contributed by atoms with Crippen LogP contribution in [0.1, 0.15) is 63.5 Å². The summed E-state index contributed by atoms with van der Waals surface area (Å²) >= 11 is 0. The van der Waals surface area contributed by atoms with E-state index in [2.05, 4.69) is 6.92 Å². The lowest BCUT2D eigenvalue weighted by Gasteiger charge is -2.22. The Morgan fingerprint density at radius 3 is 2.35 bits per heavy atom. The molecule has 0 aliphatic heterocycles. The van der Waals surface area contributed by atoms with E-state index in [1.54, 1.807) is 13.0 Å². The highest BCUT2D eigenvalue weighted by atomic mass is 35.5. The molecule has 7 heteroatoms. The molecule has 0 unspecified atom stereocenters. The summed E-state index contributed by atoms with van der Waals surface area (Å²) in [5.41, 5.74) is 4.82. The number of unbranched alkanes of at least 4 members (excludes halogenated alkanes) is 4. The predicted molar refractivity (Wildman–Crippen MR) is 101 cm³/mol. The standard InChI is InChI=1S/C19H30F3NO2.ClH/c1-3-4-5-6-7-12-25-17-9-8-15(10-11-18(2,23)14-24)13-16(17)19(20,21)22;/h8-9,13,24H,3-7,10-12,14,23H2,1-2H3;1H/t18-;/m1./s1. The molecule has 152 valence electrons. The zero-order valence-electron chi connectivity index (χ0n) is 15.6. The summed E-state index contributed by atoms with van der Waals surface area (Å²) in [5.74, 6) is -0.121. The Balaban J connectivity index is 0.00000625. The average molecular weight is 398 g/mol. The molecule has 0 saturated heterocycles. The smallest absolute Gasteiger partial charge is 0.419 e. The normalized spacial score (nSPS) is 13.8. The number of rotatable bonds is 11. The first-order valence-electron chi connectivity index (χ1n) is 8.92. The van der Waals surface area contributed by atoms with Crippen LogP contribution in [0.2, 0.25) is 0 Å². The Bertz CT molecular complexity index is 522. The van der Waals surface area contributed by atoms with Crippen LogP contribution in [-0.4, -0.2) is 23.9 Å². The van der Waals surface area contributed by atoms with Gasteiger partial charge < -0.3 is 15.6 Å². The molecule has 3 nitrogen and oxygen atoms in total. The van der Waals surface area contributed by atoms with Crippen molar-refractivity contribution < 1.29 is 23.0 Å². The molecule has 3 N–H and O–H groups in total. The van der Waals surface area contributed by atoms with Crippen molar-refractivity contribution in [3.05, 3.63) is 29.3 Å². The maximum Gasteiger partial charge on any atom is 0.419 e. The second-order valence-corrected chi connectivity index (χ2v) is 6.90. The molecule has 1 atom stereocenters.